The third-order valence-electron chi connectivity index (χ3n) is 4.42. The molecule has 24 heavy (non-hydrogen) atoms. The van der Waals surface area contributed by atoms with E-state index < -0.39 is 23.2 Å². The van der Waals surface area contributed by atoms with E-state index in [1.54, 1.807) is 32.0 Å². The molecule has 0 aliphatic heterocycles. The second-order valence-corrected chi connectivity index (χ2v) is 6.25. The van der Waals surface area contributed by atoms with Gasteiger partial charge < -0.3 is 15.2 Å². The number of nitrogens with one attached hydrogen (secondary N) is 1. The molecule has 9 nitrogen and oxygen atoms in total. The highest BCUT2D eigenvalue weighted by Gasteiger charge is 2.65. The molecule has 126 valence electrons. The van der Waals surface area contributed by atoms with Crippen molar-refractivity contribution < 1.29 is 19.4 Å². The summed E-state index contributed by atoms with van der Waals surface area (Å²) >= 11 is 0. The fourth-order valence-electron chi connectivity index (χ4n) is 3.02. The molecule has 1 aromatic heterocycles. The molecule has 1 amide bonds. The van der Waals surface area contributed by atoms with E-state index in [0.29, 0.717) is 17.1 Å². The van der Waals surface area contributed by atoms with Crippen molar-refractivity contribution in [3.05, 3.63) is 24.5 Å². The molecule has 0 bridgehead atoms. The van der Waals surface area contributed by atoms with Crippen LogP contribution in [0.15, 0.2) is 24.5 Å². The first-order valence-electron chi connectivity index (χ1n) is 7.31. The second-order valence-electron chi connectivity index (χ2n) is 6.25. The van der Waals surface area contributed by atoms with Crippen LogP contribution in [0.4, 0.5) is 5.69 Å². The first-order valence-corrected chi connectivity index (χ1v) is 7.31. The lowest BCUT2D eigenvalue weighted by Gasteiger charge is -2.11. The summed E-state index contributed by atoms with van der Waals surface area (Å²) in [5, 5.41) is 22.9. The highest BCUT2D eigenvalue weighted by Crippen LogP contribution is 2.58. The van der Waals surface area contributed by atoms with Crippen LogP contribution in [0, 0.1) is 17.3 Å². The zero-order valence-electron chi connectivity index (χ0n) is 13.4. The molecule has 1 saturated carbocycles. The molecule has 1 aliphatic carbocycles. The summed E-state index contributed by atoms with van der Waals surface area (Å²) in [5.41, 5.74) is 0.586. The average molecular weight is 331 g/mol. The van der Waals surface area contributed by atoms with Gasteiger partial charge in [-0.3, -0.25) is 9.59 Å². The molecule has 2 aromatic rings. The predicted octanol–water partition coefficient (Wildman–Crippen LogP) is 0.966. The van der Waals surface area contributed by atoms with Crippen molar-refractivity contribution in [2.45, 2.75) is 13.8 Å². The Labute approximate surface area is 137 Å². The summed E-state index contributed by atoms with van der Waals surface area (Å²) in [4.78, 5) is 23.6. The van der Waals surface area contributed by atoms with Gasteiger partial charge in [-0.2, -0.15) is 4.68 Å². The number of carbonyl (C=O) groups is 2. The topological polar surface area (TPSA) is 119 Å². The maximum atomic E-state index is 12.4. The molecule has 0 radical (unpaired) electrons. The van der Waals surface area contributed by atoms with Gasteiger partial charge in [0.1, 0.15) is 17.8 Å². The molecular weight excluding hydrogens is 314 g/mol. The normalized spacial score (nSPS) is 21.1. The van der Waals surface area contributed by atoms with Crippen LogP contribution in [0.25, 0.3) is 5.69 Å². The van der Waals surface area contributed by atoms with Crippen LogP contribution in [0.2, 0.25) is 0 Å². The van der Waals surface area contributed by atoms with E-state index in [1.807, 2.05) is 0 Å². The minimum Gasteiger partial charge on any atom is -0.494 e. The Kier molecular flexibility index (Phi) is 3.70. The zero-order valence-corrected chi connectivity index (χ0v) is 13.4. The van der Waals surface area contributed by atoms with Crippen molar-refractivity contribution in [2.75, 3.05) is 12.4 Å². The Balaban J connectivity index is 1.79. The molecule has 1 aromatic carbocycles. The van der Waals surface area contributed by atoms with Crippen molar-refractivity contribution in [3.63, 3.8) is 0 Å². The number of carbonyl (C=O) groups excluding carboxylic acids is 1. The number of ether oxygens (including phenoxy) is 1. The summed E-state index contributed by atoms with van der Waals surface area (Å²) in [6.45, 7) is 3.55. The molecule has 1 heterocycles. The zero-order chi connectivity index (χ0) is 17.5. The molecular formula is C15H17N5O4. The number of hydrogen-bond donors (Lipinski definition) is 2. The van der Waals surface area contributed by atoms with Gasteiger partial charge >= 0.3 is 5.97 Å². The van der Waals surface area contributed by atoms with E-state index in [-0.39, 0.29) is 5.91 Å². The average Bonchev–Trinajstić information content (AvgIpc) is 2.89. The predicted molar refractivity (Wildman–Crippen MR) is 82.7 cm³/mol. The van der Waals surface area contributed by atoms with Gasteiger partial charge in [-0.15, -0.1) is 5.10 Å². The molecule has 2 N–H and O–H groups in total. The van der Waals surface area contributed by atoms with Crippen LogP contribution in [0.1, 0.15) is 13.8 Å². The number of methoxy groups -OCH3 is 1. The lowest BCUT2D eigenvalue weighted by Crippen LogP contribution is -2.17. The van der Waals surface area contributed by atoms with Gasteiger partial charge in [0.15, 0.2) is 0 Å². The highest BCUT2D eigenvalue weighted by molar-refractivity contribution is 5.99. The number of aromatic nitrogens is 4. The van der Waals surface area contributed by atoms with Crippen LogP contribution in [-0.4, -0.2) is 44.3 Å². The van der Waals surface area contributed by atoms with Crippen molar-refractivity contribution in [1.82, 2.24) is 20.2 Å². The van der Waals surface area contributed by atoms with Crippen LogP contribution >= 0.6 is 0 Å². The number of anilines is 1. The Hall–Kier alpha value is -2.97. The van der Waals surface area contributed by atoms with Crippen LogP contribution < -0.4 is 10.1 Å². The number of aliphatic carboxylic acids is 1. The number of carboxylic acids is 1. The molecule has 0 spiro atoms. The quantitative estimate of drug-likeness (QED) is 0.837. The summed E-state index contributed by atoms with van der Waals surface area (Å²) in [5.74, 6) is -2.01. The van der Waals surface area contributed by atoms with E-state index in [0.717, 1.165) is 0 Å². The fraction of sp³-hybridized carbons (Fsp3) is 0.400. The van der Waals surface area contributed by atoms with Gasteiger partial charge in [0.25, 0.3) is 0 Å². The van der Waals surface area contributed by atoms with Gasteiger partial charge in [-0.25, -0.2) is 0 Å². The standard InChI is InChI=1S/C15H17N5O4/c1-15(2)11(12(15)14(22)23)13(21)17-8-4-5-9(10(6-8)24-3)20-7-16-18-19-20/h4-7,11-12H,1-3H3,(H,17,21)(H,22,23)/t11-,12+/m1/s1. The summed E-state index contributed by atoms with van der Waals surface area (Å²) < 4.78 is 6.75. The number of tetrazole rings is 1. The lowest BCUT2D eigenvalue weighted by atomic mass is 10.1. The van der Waals surface area contributed by atoms with Gasteiger partial charge in [-0.05, 0) is 28.0 Å². The molecule has 0 unspecified atom stereocenters. The maximum absolute atomic E-state index is 12.4. The Bertz CT molecular complexity index is 787. The number of carboxylic acid groups (broad SMARTS) is 1. The Morgan fingerprint density at radius 1 is 1.33 bits per heavy atom. The minimum atomic E-state index is -0.952. The maximum Gasteiger partial charge on any atom is 0.307 e. The smallest absolute Gasteiger partial charge is 0.307 e. The third kappa shape index (κ3) is 2.57. The number of nitrogens with zero attached hydrogens (tertiary/aromatic N) is 4. The van der Waals surface area contributed by atoms with E-state index in [4.69, 9.17) is 4.74 Å². The number of amides is 1. The minimum absolute atomic E-state index is 0.315. The van der Waals surface area contributed by atoms with E-state index in [2.05, 4.69) is 20.8 Å². The molecule has 3 rings (SSSR count). The van der Waals surface area contributed by atoms with Crippen LogP contribution in [-0.2, 0) is 9.59 Å². The first-order chi connectivity index (χ1) is 11.4. The molecule has 9 heteroatoms. The van der Waals surface area contributed by atoms with Crippen molar-refractivity contribution in [2.24, 2.45) is 17.3 Å². The van der Waals surface area contributed by atoms with Gasteiger partial charge in [0.05, 0.1) is 18.9 Å². The van der Waals surface area contributed by atoms with Gasteiger partial charge in [0.2, 0.25) is 5.91 Å². The summed E-state index contributed by atoms with van der Waals surface area (Å²) in [6, 6.07) is 5.03. The summed E-state index contributed by atoms with van der Waals surface area (Å²) in [6.07, 6.45) is 1.43. The lowest BCUT2D eigenvalue weighted by molar-refractivity contribution is -0.140. The van der Waals surface area contributed by atoms with Crippen molar-refractivity contribution >= 4 is 17.6 Å². The monoisotopic (exact) mass is 331 g/mol. The SMILES string of the molecule is COc1cc(NC(=O)[C@H]2[C@@H](C(=O)O)C2(C)C)ccc1-n1cnnn1. The highest BCUT2D eigenvalue weighted by atomic mass is 16.5. The van der Waals surface area contributed by atoms with Crippen LogP contribution in [0.5, 0.6) is 5.75 Å². The Morgan fingerprint density at radius 2 is 2.08 bits per heavy atom. The largest absolute Gasteiger partial charge is 0.494 e. The van der Waals surface area contributed by atoms with Crippen molar-refractivity contribution in [3.8, 4) is 11.4 Å². The number of benzene rings is 1. The fourth-order valence-corrected chi connectivity index (χ4v) is 3.02. The third-order valence-corrected chi connectivity index (χ3v) is 4.42. The number of hydrogen-bond acceptors (Lipinski definition) is 6. The first kappa shape index (κ1) is 15.9. The van der Waals surface area contributed by atoms with E-state index >= 15 is 0 Å². The molecule has 0 saturated heterocycles. The van der Waals surface area contributed by atoms with Gasteiger partial charge in [-0.1, -0.05) is 13.8 Å². The number of rotatable bonds is 5. The van der Waals surface area contributed by atoms with E-state index in [1.165, 1.54) is 18.1 Å². The van der Waals surface area contributed by atoms with E-state index in [9.17, 15) is 14.7 Å². The molecule has 1 aliphatic rings. The van der Waals surface area contributed by atoms with Crippen molar-refractivity contribution in [1.29, 1.82) is 0 Å². The van der Waals surface area contributed by atoms with Gasteiger partial charge in [0, 0.05) is 11.8 Å². The summed E-state index contributed by atoms with van der Waals surface area (Å²) in [7, 11) is 1.50. The Morgan fingerprint density at radius 3 is 2.62 bits per heavy atom. The molecule has 1 fully saturated rings. The van der Waals surface area contributed by atoms with Crippen LogP contribution in [0.3, 0.4) is 0 Å². The molecule has 2 atom stereocenters. The second kappa shape index (κ2) is 5.59.